The Kier molecular flexibility index (Phi) is 1.31. The van der Waals surface area contributed by atoms with E-state index in [0.29, 0.717) is 0 Å². The lowest BCUT2D eigenvalue weighted by atomic mass is 10.2. The van der Waals surface area contributed by atoms with Crippen molar-refractivity contribution in [2.75, 3.05) is 11.9 Å². The lowest BCUT2D eigenvalue weighted by molar-refractivity contribution is 1.35. The lowest BCUT2D eigenvalue weighted by Gasteiger charge is -1.97. The van der Waals surface area contributed by atoms with E-state index in [0.717, 1.165) is 17.3 Å². The molecule has 1 nitrogen and oxygen atoms in total. The molecule has 0 spiro atoms. The van der Waals surface area contributed by atoms with Gasteiger partial charge in [-0.3, -0.25) is 0 Å². The molecule has 1 aliphatic rings. The largest absolute Gasteiger partial charge is 0.384 e. The summed E-state index contributed by atoms with van der Waals surface area (Å²) in [4.78, 5) is 0. The van der Waals surface area contributed by atoms with Gasteiger partial charge < -0.3 is 5.32 Å². The fraction of sp³-hybridized carbons (Fsp3) is 0.125. The van der Waals surface area contributed by atoms with Gasteiger partial charge in [-0.05, 0) is 17.7 Å². The summed E-state index contributed by atoms with van der Waals surface area (Å²) in [5.41, 5.74) is 2.40. The van der Waals surface area contributed by atoms with Crippen LogP contribution in [-0.2, 0) is 0 Å². The molecular weight excluding hydrogens is 146 g/mol. The summed E-state index contributed by atoms with van der Waals surface area (Å²) >= 11 is 5.77. The zero-order chi connectivity index (χ0) is 6.97. The molecule has 1 aromatic rings. The van der Waals surface area contributed by atoms with Crippen molar-refractivity contribution in [3.63, 3.8) is 0 Å². The summed E-state index contributed by atoms with van der Waals surface area (Å²) in [7, 11) is 0. The number of anilines is 1. The summed E-state index contributed by atoms with van der Waals surface area (Å²) in [6, 6.07) is 5.88. The van der Waals surface area contributed by atoms with E-state index < -0.39 is 0 Å². The Morgan fingerprint density at radius 3 is 3.20 bits per heavy atom. The van der Waals surface area contributed by atoms with E-state index in [1.807, 2.05) is 18.2 Å². The van der Waals surface area contributed by atoms with Crippen molar-refractivity contribution in [3.8, 4) is 0 Å². The van der Waals surface area contributed by atoms with Crippen LogP contribution in [0.15, 0.2) is 18.2 Å². The minimum absolute atomic E-state index is 0.793. The first-order valence-electron chi connectivity index (χ1n) is 3.23. The Bertz CT molecular complexity index is 257. The predicted octanol–water partition coefficient (Wildman–Crippen LogP) is 2.32. The van der Waals surface area contributed by atoms with Crippen LogP contribution in [0.5, 0.6) is 0 Å². The highest BCUT2D eigenvalue weighted by molar-refractivity contribution is 6.30. The third-order valence-corrected chi connectivity index (χ3v) is 1.86. The van der Waals surface area contributed by atoms with Gasteiger partial charge >= 0.3 is 0 Å². The smallest absolute Gasteiger partial charge is 0.0426 e. The van der Waals surface area contributed by atoms with Crippen molar-refractivity contribution in [3.05, 3.63) is 35.2 Å². The van der Waals surface area contributed by atoms with Gasteiger partial charge in [0.2, 0.25) is 0 Å². The van der Waals surface area contributed by atoms with Gasteiger partial charge in [0.05, 0.1) is 0 Å². The van der Waals surface area contributed by atoms with E-state index in [2.05, 4.69) is 11.7 Å². The third kappa shape index (κ3) is 0.868. The van der Waals surface area contributed by atoms with Crippen LogP contribution in [0, 0.1) is 6.42 Å². The SMILES string of the molecule is Clc1ccc2c(c1)NC[CH]2. The highest BCUT2D eigenvalue weighted by atomic mass is 35.5. The van der Waals surface area contributed by atoms with Crippen LogP contribution in [0.3, 0.4) is 0 Å². The summed E-state index contributed by atoms with van der Waals surface area (Å²) in [5.74, 6) is 0. The van der Waals surface area contributed by atoms with E-state index in [1.54, 1.807) is 0 Å². The molecule has 0 amide bonds. The Balaban J connectivity index is 2.52. The van der Waals surface area contributed by atoms with Crippen LogP contribution >= 0.6 is 11.6 Å². The van der Waals surface area contributed by atoms with Crippen molar-refractivity contribution in [2.24, 2.45) is 0 Å². The summed E-state index contributed by atoms with van der Waals surface area (Å²) < 4.78 is 0. The molecule has 0 saturated heterocycles. The monoisotopic (exact) mass is 152 g/mol. The van der Waals surface area contributed by atoms with E-state index in [4.69, 9.17) is 11.6 Å². The van der Waals surface area contributed by atoms with Crippen LogP contribution in [-0.4, -0.2) is 6.54 Å². The normalized spacial score (nSPS) is 14.5. The molecule has 0 unspecified atom stereocenters. The second kappa shape index (κ2) is 2.17. The van der Waals surface area contributed by atoms with Crippen molar-refractivity contribution < 1.29 is 0 Å². The van der Waals surface area contributed by atoms with E-state index in [9.17, 15) is 0 Å². The maximum atomic E-state index is 5.77. The molecule has 1 N–H and O–H groups in total. The van der Waals surface area contributed by atoms with Gasteiger partial charge in [-0.15, -0.1) is 0 Å². The fourth-order valence-electron chi connectivity index (χ4n) is 1.13. The predicted molar refractivity (Wildman–Crippen MR) is 43.3 cm³/mol. The quantitative estimate of drug-likeness (QED) is 0.602. The molecule has 0 fully saturated rings. The average molecular weight is 153 g/mol. The number of fused-ring (bicyclic) bond motifs is 1. The van der Waals surface area contributed by atoms with Crippen molar-refractivity contribution in [1.82, 2.24) is 0 Å². The molecule has 0 aromatic heterocycles. The average Bonchev–Trinajstić information content (AvgIpc) is 2.33. The van der Waals surface area contributed by atoms with Crippen molar-refractivity contribution >= 4 is 17.3 Å². The molecule has 10 heavy (non-hydrogen) atoms. The van der Waals surface area contributed by atoms with Gasteiger partial charge in [0.1, 0.15) is 0 Å². The molecule has 0 aliphatic carbocycles. The molecule has 1 aliphatic heterocycles. The molecule has 2 rings (SSSR count). The van der Waals surface area contributed by atoms with Crippen molar-refractivity contribution in [1.29, 1.82) is 0 Å². The number of nitrogens with one attached hydrogen (secondary N) is 1. The Labute approximate surface area is 65.0 Å². The Morgan fingerprint density at radius 1 is 1.40 bits per heavy atom. The Morgan fingerprint density at radius 2 is 2.30 bits per heavy atom. The van der Waals surface area contributed by atoms with Crippen LogP contribution < -0.4 is 5.32 Å². The molecule has 0 saturated carbocycles. The summed E-state index contributed by atoms with van der Waals surface area (Å²) in [6.45, 7) is 0.926. The van der Waals surface area contributed by atoms with E-state index in [1.165, 1.54) is 5.56 Å². The van der Waals surface area contributed by atoms with Gasteiger partial charge in [-0.1, -0.05) is 17.7 Å². The minimum atomic E-state index is 0.793. The summed E-state index contributed by atoms with van der Waals surface area (Å²) in [6.07, 6.45) is 2.14. The van der Waals surface area contributed by atoms with E-state index in [-0.39, 0.29) is 0 Å². The zero-order valence-corrected chi connectivity index (χ0v) is 6.15. The minimum Gasteiger partial charge on any atom is -0.384 e. The number of benzene rings is 1. The molecule has 0 bridgehead atoms. The molecule has 1 heterocycles. The fourth-order valence-corrected chi connectivity index (χ4v) is 1.30. The van der Waals surface area contributed by atoms with Crippen molar-refractivity contribution in [2.45, 2.75) is 0 Å². The van der Waals surface area contributed by atoms with Gasteiger partial charge in [0, 0.05) is 23.7 Å². The molecule has 0 atom stereocenters. The van der Waals surface area contributed by atoms with Gasteiger partial charge in [0.25, 0.3) is 0 Å². The second-order valence-corrected chi connectivity index (χ2v) is 2.75. The Hall–Kier alpha value is -0.690. The zero-order valence-electron chi connectivity index (χ0n) is 5.39. The van der Waals surface area contributed by atoms with Gasteiger partial charge in [-0.2, -0.15) is 0 Å². The first-order chi connectivity index (χ1) is 4.86. The third-order valence-electron chi connectivity index (χ3n) is 1.63. The van der Waals surface area contributed by atoms with Crippen LogP contribution in [0.2, 0.25) is 5.02 Å². The number of hydrogen-bond donors (Lipinski definition) is 1. The summed E-state index contributed by atoms with van der Waals surface area (Å²) in [5, 5.41) is 3.99. The number of hydrogen-bond acceptors (Lipinski definition) is 1. The molecule has 1 aromatic carbocycles. The highest BCUT2D eigenvalue weighted by Crippen LogP contribution is 2.26. The highest BCUT2D eigenvalue weighted by Gasteiger charge is 2.08. The first kappa shape index (κ1) is 6.05. The van der Waals surface area contributed by atoms with Gasteiger partial charge in [-0.25, -0.2) is 0 Å². The lowest BCUT2D eigenvalue weighted by Crippen LogP contribution is -1.89. The second-order valence-electron chi connectivity index (χ2n) is 2.32. The standard InChI is InChI=1S/C8H7ClN/c9-7-2-1-6-3-4-10-8(6)5-7/h1-3,5,10H,4H2. The topological polar surface area (TPSA) is 12.0 Å². The molecule has 51 valence electrons. The number of halogens is 1. The van der Waals surface area contributed by atoms with Gasteiger partial charge in [0.15, 0.2) is 0 Å². The molecule has 2 heteroatoms. The number of rotatable bonds is 0. The van der Waals surface area contributed by atoms with Crippen LogP contribution in [0.25, 0.3) is 0 Å². The maximum Gasteiger partial charge on any atom is 0.0426 e. The van der Waals surface area contributed by atoms with Crippen LogP contribution in [0.1, 0.15) is 5.56 Å². The first-order valence-corrected chi connectivity index (χ1v) is 3.61. The maximum absolute atomic E-state index is 5.77. The molecule has 1 radical (unpaired) electrons. The molecular formula is C8H7ClN. The van der Waals surface area contributed by atoms with E-state index >= 15 is 0 Å². The van der Waals surface area contributed by atoms with Crippen LogP contribution in [0.4, 0.5) is 5.69 Å².